The summed E-state index contributed by atoms with van der Waals surface area (Å²) in [6.45, 7) is 5.64. The number of ether oxygens (including phenoxy) is 1. The van der Waals surface area contributed by atoms with Gasteiger partial charge in [-0.3, -0.25) is 4.79 Å². The number of rotatable bonds is 6. The molecule has 0 aliphatic carbocycles. The third kappa shape index (κ3) is 4.53. The summed E-state index contributed by atoms with van der Waals surface area (Å²) in [6.07, 6.45) is 4.38. The fourth-order valence-electron chi connectivity index (χ4n) is 2.51. The SMILES string of the molecule is CCOc1ccccc1NC(=O)CCN1CCCCC1. The molecule has 0 unspecified atom stereocenters. The van der Waals surface area contributed by atoms with Gasteiger partial charge in [0.15, 0.2) is 0 Å². The van der Waals surface area contributed by atoms with Crippen LogP contribution in [0, 0.1) is 0 Å². The molecule has 1 aliphatic heterocycles. The van der Waals surface area contributed by atoms with E-state index in [1.54, 1.807) is 0 Å². The van der Waals surface area contributed by atoms with Crippen LogP contribution in [0.2, 0.25) is 0 Å². The summed E-state index contributed by atoms with van der Waals surface area (Å²) in [5.74, 6) is 0.795. The van der Waals surface area contributed by atoms with Crippen molar-refractivity contribution in [3.8, 4) is 5.75 Å². The van der Waals surface area contributed by atoms with Crippen molar-refractivity contribution in [3.05, 3.63) is 24.3 Å². The van der Waals surface area contributed by atoms with Crippen molar-refractivity contribution < 1.29 is 9.53 Å². The standard InChI is InChI=1S/C16H24N2O2/c1-2-20-15-9-5-4-8-14(15)17-16(19)10-13-18-11-6-3-7-12-18/h4-5,8-9H,2-3,6-7,10-13H2,1H3,(H,17,19). The number of amides is 1. The lowest BCUT2D eigenvalue weighted by Gasteiger charge is -2.26. The minimum Gasteiger partial charge on any atom is -0.492 e. The molecular formula is C16H24N2O2. The van der Waals surface area contributed by atoms with Crippen LogP contribution in [-0.4, -0.2) is 37.0 Å². The van der Waals surface area contributed by atoms with Crippen molar-refractivity contribution in [2.24, 2.45) is 0 Å². The van der Waals surface area contributed by atoms with E-state index >= 15 is 0 Å². The summed E-state index contributed by atoms with van der Waals surface area (Å²) in [6, 6.07) is 7.57. The number of para-hydroxylation sites is 2. The molecule has 0 saturated carbocycles. The molecule has 1 fully saturated rings. The Labute approximate surface area is 121 Å². The van der Waals surface area contributed by atoms with Crippen LogP contribution in [0.4, 0.5) is 5.69 Å². The molecule has 1 heterocycles. The fourth-order valence-corrected chi connectivity index (χ4v) is 2.51. The number of carbonyl (C=O) groups is 1. The summed E-state index contributed by atoms with van der Waals surface area (Å²) >= 11 is 0. The molecule has 1 aliphatic rings. The maximum Gasteiger partial charge on any atom is 0.225 e. The largest absolute Gasteiger partial charge is 0.492 e. The Morgan fingerprint density at radius 1 is 1.25 bits per heavy atom. The number of piperidine rings is 1. The summed E-state index contributed by atoms with van der Waals surface area (Å²) in [7, 11) is 0. The summed E-state index contributed by atoms with van der Waals surface area (Å²) in [5, 5.41) is 2.94. The van der Waals surface area contributed by atoms with E-state index in [2.05, 4.69) is 10.2 Å². The van der Waals surface area contributed by atoms with Crippen molar-refractivity contribution in [1.29, 1.82) is 0 Å². The number of nitrogens with one attached hydrogen (secondary N) is 1. The van der Waals surface area contributed by atoms with Gasteiger partial charge in [0.2, 0.25) is 5.91 Å². The lowest BCUT2D eigenvalue weighted by Crippen LogP contribution is -2.32. The first-order valence-electron chi connectivity index (χ1n) is 7.53. The molecule has 4 nitrogen and oxygen atoms in total. The van der Waals surface area contributed by atoms with Crippen LogP contribution in [0.15, 0.2) is 24.3 Å². The second-order valence-corrected chi connectivity index (χ2v) is 5.13. The number of likely N-dealkylation sites (tertiary alicyclic amines) is 1. The Morgan fingerprint density at radius 2 is 2.00 bits per heavy atom. The molecule has 1 aromatic carbocycles. The molecule has 0 radical (unpaired) electrons. The molecule has 0 aromatic heterocycles. The van der Waals surface area contributed by atoms with Gasteiger partial charge in [0, 0.05) is 13.0 Å². The van der Waals surface area contributed by atoms with Crippen LogP contribution in [-0.2, 0) is 4.79 Å². The van der Waals surface area contributed by atoms with Gasteiger partial charge in [-0.2, -0.15) is 0 Å². The zero-order chi connectivity index (χ0) is 14.2. The van der Waals surface area contributed by atoms with Crippen LogP contribution in [0.25, 0.3) is 0 Å². The predicted molar refractivity (Wildman–Crippen MR) is 81.1 cm³/mol. The van der Waals surface area contributed by atoms with Gasteiger partial charge in [0.25, 0.3) is 0 Å². The van der Waals surface area contributed by atoms with E-state index < -0.39 is 0 Å². The quantitative estimate of drug-likeness (QED) is 0.868. The Kier molecular flexibility index (Phi) is 5.87. The molecule has 20 heavy (non-hydrogen) atoms. The number of hydrogen-bond donors (Lipinski definition) is 1. The monoisotopic (exact) mass is 276 g/mol. The van der Waals surface area contributed by atoms with Gasteiger partial charge < -0.3 is 15.0 Å². The highest BCUT2D eigenvalue weighted by molar-refractivity contribution is 5.92. The van der Waals surface area contributed by atoms with Crippen molar-refractivity contribution in [2.45, 2.75) is 32.6 Å². The molecule has 1 amide bonds. The maximum absolute atomic E-state index is 12.0. The van der Waals surface area contributed by atoms with Crippen molar-refractivity contribution in [2.75, 3.05) is 31.6 Å². The van der Waals surface area contributed by atoms with Gasteiger partial charge in [0.1, 0.15) is 5.75 Å². The first-order valence-corrected chi connectivity index (χ1v) is 7.53. The van der Waals surface area contributed by atoms with E-state index in [0.717, 1.165) is 31.1 Å². The first-order chi connectivity index (χ1) is 9.79. The third-order valence-electron chi connectivity index (χ3n) is 3.56. The van der Waals surface area contributed by atoms with Gasteiger partial charge in [0.05, 0.1) is 12.3 Å². The second-order valence-electron chi connectivity index (χ2n) is 5.13. The number of anilines is 1. The van der Waals surface area contributed by atoms with Gasteiger partial charge in [-0.15, -0.1) is 0 Å². The lowest BCUT2D eigenvalue weighted by molar-refractivity contribution is -0.116. The average Bonchev–Trinajstić information content (AvgIpc) is 2.49. The smallest absolute Gasteiger partial charge is 0.225 e. The highest BCUT2D eigenvalue weighted by atomic mass is 16.5. The van der Waals surface area contributed by atoms with Crippen LogP contribution in [0.3, 0.4) is 0 Å². The Morgan fingerprint density at radius 3 is 2.75 bits per heavy atom. The zero-order valence-electron chi connectivity index (χ0n) is 12.2. The molecular weight excluding hydrogens is 252 g/mol. The van der Waals surface area contributed by atoms with E-state index in [1.807, 2.05) is 31.2 Å². The minimum atomic E-state index is 0.0581. The molecule has 0 atom stereocenters. The highest BCUT2D eigenvalue weighted by Crippen LogP contribution is 2.23. The van der Waals surface area contributed by atoms with Crippen LogP contribution < -0.4 is 10.1 Å². The molecule has 0 spiro atoms. The van der Waals surface area contributed by atoms with Crippen LogP contribution in [0.5, 0.6) is 5.75 Å². The van der Waals surface area contributed by atoms with E-state index in [9.17, 15) is 4.79 Å². The minimum absolute atomic E-state index is 0.0581. The number of benzene rings is 1. The Hall–Kier alpha value is -1.55. The molecule has 0 bridgehead atoms. The lowest BCUT2D eigenvalue weighted by atomic mass is 10.1. The molecule has 1 aromatic rings. The van der Waals surface area contributed by atoms with E-state index in [0.29, 0.717) is 13.0 Å². The molecule has 110 valence electrons. The second kappa shape index (κ2) is 7.90. The van der Waals surface area contributed by atoms with Gasteiger partial charge in [-0.1, -0.05) is 18.6 Å². The summed E-state index contributed by atoms with van der Waals surface area (Å²) in [5.41, 5.74) is 0.762. The van der Waals surface area contributed by atoms with Gasteiger partial charge in [-0.25, -0.2) is 0 Å². The Bertz CT molecular complexity index is 428. The van der Waals surface area contributed by atoms with Crippen molar-refractivity contribution in [3.63, 3.8) is 0 Å². The summed E-state index contributed by atoms with van der Waals surface area (Å²) < 4.78 is 5.51. The van der Waals surface area contributed by atoms with E-state index in [1.165, 1.54) is 19.3 Å². The topological polar surface area (TPSA) is 41.6 Å². The number of nitrogens with zero attached hydrogens (tertiary/aromatic N) is 1. The maximum atomic E-state index is 12.0. The molecule has 4 heteroatoms. The average molecular weight is 276 g/mol. The van der Waals surface area contributed by atoms with Gasteiger partial charge in [-0.05, 0) is 45.0 Å². The van der Waals surface area contributed by atoms with Crippen LogP contribution >= 0.6 is 0 Å². The normalized spacial score (nSPS) is 15.8. The zero-order valence-corrected chi connectivity index (χ0v) is 12.2. The van der Waals surface area contributed by atoms with Gasteiger partial charge >= 0.3 is 0 Å². The Balaban J connectivity index is 1.81. The molecule has 2 rings (SSSR count). The number of hydrogen-bond acceptors (Lipinski definition) is 3. The first kappa shape index (κ1) is 14.9. The third-order valence-corrected chi connectivity index (χ3v) is 3.56. The van der Waals surface area contributed by atoms with E-state index in [-0.39, 0.29) is 5.91 Å². The summed E-state index contributed by atoms with van der Waals surface area (Å²) in [4.78, 5) is 14.4. The highest BCUT2D eigenvalue weighted by Gasteiger charge is 2.12. The van der Waals surface area contributed by atoms with Crippen LogP contribution in [0.1, 0.15) is 32.6 Å². The molecule has 1 N–H and O–H groups in total. The predicted octanol–water partition coefficient (Wildman–Crippen LogP) is 2.90. The molecule has 1 saturated heterocycles. The number of carbonyl (C=O) groups excluding carboxylic acids is 1. The van der Waals surface area contributed by atoms with E-state index in [4.69, 9.17) is 4.74 Å². The van der Waals surface area contributed by atoms with Crippen molar-refractivity contribution >= 4 is 11.6 Å². The fraction of sp³-hybridized carbons (Fsp3) is 0.562. The van der Waals surface area contributed by atoms with Crippen molar-refractivity contribution in [1.82, 2.24) is 4.90 Å².